The van der Waals surface area contributed by atoms with E-state index in [-0.39, 0.29) is 0 Å². The lowest BCUT2D eigenvalue weighted by Gasteiger charge is -2.30. The summed E-state index contributed by atoms with van der Waals surface area (Å²) in [6.45, 7) is 10.5. The summed E-state index contributed by atoms with van der Waals surface area (Å²) in [7, 11) is 0. The fraction of sp³-hybridized carbons (Fsp3) is 0.733. The lowest BCUT2D eigenvalue weighted by atomic mass is 9.82. The molecule has 4 unspecified atom stereocenters. The maximum absolute atomic E-state index is 10.6. The van der Waals surface area contributed by atoms with Crippen molar-refractivity contribution >= 4 is 0 Å². The van der Waals surface area contributed by atoms with Gasteiger partial charge in [-0.2, -0.15) is 0 Å². The Labute approximate surface area is 99.3 Å². The number of hydrogen-bond donors (Lipinski definition) is 1. The molecular formula is C15H24O. The minimum atomic E-state index is -0.499. The summed E-state index contributed by atoms with van der Waals surface area (Å²) < 4.78 is 0. The third-order valence-electron chi connectivity index (χ3n) is 4.60. The van der Waals surface area contributed by atoms with Crippen molar-refractivity contribution in [3.05, 3.63) is 23.8 Å². The number of aliphatic hydroxyl groups is 1. The Hall–Kier alpha value is -0.560. The topological polar surface area (TPSA) is 20.2 Å². The van der Waals surface area contributed by atoms with Crippen molar-refractivity contribution in [3.63, 3.8) is 0 Å². The molecule has 90 valence electrons. The Morgan fingerprint density at radius 3 is 2.75 bits per heavy atom. The summed E-state index contributed by atoms with van der Waals surface area (Å²) in [5, 5.41) is 10.6. The predicted octanol–water partition coefficient (Wildman–Crippen LogP) is 3.70. The SMILES string of the molecule is C=C(C)C1C=C2C(C)CCC2C(C)(O)CC1. The van der Waals surface area contributed by atoms with Gasteiger partial charge >= 0.3 is 0 Å². The van der Waals surface area contributed by atoms with Gasteiger partial charge in [0.25, 0.3) is 0 Å². The Morgan fingerprint density at radius 1 is 1.44 bits per heavy atom. The molecule has 0 bridgehead atoms. The van der Waals surface area contributed by atoms with E-state index in [1.54, 1.807) is 0 Å². The maximum Gasteiger partial charge on any atom is 0.0685 e. The van der Waals surface area contributed by atoms with Crippen LogP contribution in [0.3, 0.4) is 0 Å². The van der Waals surface area contributed by atoms with Crippen molar-refractivity contribution in [1.82, 2.24) is 0 Å². The molecule has 1 nitrogen and oxygen atoms in total. The highest BCUT2D eigenvalue weighted by molar-refractivity contribution is 5.25. The first kappa shape index (κ1) is 11.9. The Balaban J connectivity index is 2.34. The first-order valence-electron chi connectivity index (χ1n) is 6.51. The molecule has 0 radical (unpaired) electrons. The van der Waals surface area contributed by atoms with Gasteiger partial charge in [0.05, 0.1) is 5.60 Å². The monoisotopic (exact) mass is 220 g/mol. The third-order valence-corrected chi connectivity index (χ3v) is 4.60. The quantitative estimate of drug-likeness (QED) is 0.668. The van der Waals surface area contributed by atoms with E-state index in [1.807, 2.05) is 6.92 Å². The van der Waals surface area contributed by atoms with E-state index in [0.717, 1.165) is 19.3 Å². The summed E-state index contributed by atoms with van der Waals surface area (Å²) in [6.07, 6.45) is 6.75. The van der Waals surface area contributed by atoms with E-state index in [1.165, 1.54) is 17.6 Å². The number of hydrogen-bond acceptors (Lipinski definition) is 1. The van der Waals surface area contributed by atoms with Crippen LogP contribution in [0.5, 0.6) is 0 Å². The van der Waals surface area contributed by atoms with Crippen molar-refractivity contribution in [2.45, 2.75) is 52.1 Å². The summed E-state index contributed by atoms with van der Waals surface area (Å²) in [5.41, 5.74) is 2.24. The molecule has 0 aromatic carbocycles. The molecule has 1 fully saturated rings. The second kappa shape index (κ2) is 4.03. The molecule has 1 N–H and O–H groups in total. The smallest absolute Gasteiger partial charge is 0.0685 e. The Morgan fingerprint density at radius 2 is 2.12 bits per heavy atom. The fourth-order valence-electron chi connectivity index (χ4n) is 3.37. The zero-order valence-electron chi connectivity index (χ0n) is 10.8. The first-order valence-corrected chi connectivity index (χ1v) is 6.51. The zero-order valence-corrected chi connectivity index (χ0v) is 10.8. The van der Waals surface area contributed by atoms with E-state index >= 15 is 0 Å². The highest BCUT2D eigenvalue weighted by Gasteiger charge is 2.42. The van der Waals surface area contributed by atoms with Gasteiger partial charge in [-0.05, 0) is 51.4 Å². The molecule has 2 rings (SSSR count). The van der Waals surface area contributed by atoms with Crippen LogP contribution in [0.4, 0.5) is 0 Å². The maximum atomic E-state index is 10.6. The number of allylic oxidation sites excluding steroid dienone is 2. The van der Waals surface area contributed by atoms with Crippen molar-refractivity contribution in [1.29, 1.82) is 0 Å². The zero-order chi connectivity index (χ0) is 11.9. The third kappa shape index (κ3) is 1.98. The minimum absolute atomic E-state index is 0.395. The van der Waals surface area contributed by atoms with Crippen LogP contribution in [-0.2, 0) is 0 Å². The van der Waals surface area contributed by atoms with Gasteiger partial charge in [-0.25, -0.2) is 0 Å². The Bertz CT molecular complexity index is 324. The second-order valence-electron chi connectivity index (χ2n) is 6.05. The summed E-state index contributed by atoms with van der Waals surface area (Å²) in [4.78, 5) is 0. The molecule has 0 saturated heterocycles. The van der Waals surface area contributed by atoms with Gasteiger partial charge < -0.3 is 5.11 Å². The lowest BCUT2D eigenvalue weighted by molar-refractivity contribution is 0.00696. The molecule has 0 heterocycles. The number of rotatable bonds is 1. The van der Waals surface area contributed by atoms with Gasteiger partial charge in [0.15, 0.2) is 0 Å². The molecule has 0 spiro atoms. The van der Waals surface area contributed by atoms with Crippen molar-refractivity contribution in [3.8, 4) is 0 Å². The van der Waals surface area contributed by atoms with Crippen LogP contribution < -0.4 is 0 Å². The molecule has 1 heteroatoms. The van der Waals surface area contributed by atoms with Crippen molar-refractivity contribution in [2.24, 2.45) is 17.8 Å². The normalized spacial score (nSPS) is 43.5. The molecule has 4 atom stereocenters. The van der Waals surface area contributed by atoms with E-state index < -0.39 is 5.60 Å². The standard InChI is InChI=1S/C15H24O/c1-10(2)12-7-8-15(4,16)14-6-5-11(3)13(14)9-12/h9,11-12,14,16H,1,5-8H2,2-4H3. The van der Waals surface area contributed by atoms with E-state index in [4.69, 9.17) is 0 Å². The van der Waals surface area contributed by atoms with Crippen LogP contribution in [0, 0.1) is 17.8 Å². The number of fused-ring (bicyclic) bond motifs is 1. The minimum Gasteiger partial charge on any atom is -0.390 e. The summed E-state index contributed by atoms with van der Waals surface area (Å²) in [6, 6.07) is 0. The van der Waals surface area contributed by atoms with Gasteiger partial charge in [-0.15, -0.1) is 0 Å². The van der Waals surface area contributed by atoms with E-state index in [0.29, 0.717) is 17.8 Å². The molecule has 0 aliphatic heterocycles. The summed E-state index contributed by atoms with van der Waals surface area (Å²) >= 11 is 0. The molecule has 16 heavy (non-hydrogen) atoms. The van der Waals surface area contributed by atoms with Crippen molar-refractivity contribution in [2.75, 3.05) is 0 Å². The molecule has 1 saturated carbocycles. The predicted molar refractivity (Wildman–Crippen MR) is 68.1 cm³/mol. The van der Waals surface area contributed by atoms with Gasteiger partial charge in [-0.3, -0.25) is 0 Å². The average Bonchev–Trinajstić information content (AvgIpc) is 2.47. The van der Waals surface area contributed by atoms with Crippen LogP contribution in [0.25, 0.3) is 0 Å². The van der Waals surface area contributed by atoms with Crippen LogP contribution in [0.2, 0.25) is 0 Å². The molecule has 0 aromatic rings. The van der Waals surface area contributed by atoms with Gasteiger partial charge in [0, 0.05) is 5.92 Å². The molecular weight excluding hydrogens is 196 g/mol. The largest absolute Gasteiger partial charge is 0.390 e. The van der Waals surface area contributed by atoms with Gasteiger partial charge in [-0.1, -0.05) is 30.7 Å². The molecule has 0 aromatic heterocycles. The Kier molecular flexibility index (Phi) is 3.00. The van der Waals surface area contributed by atoms with Gasteiger partial charge in [0.2, 0.25) is 0 Å². The summed E-state index contributed by atoms with van der Waals surface area (Å²) in [5.74, 6) is 1.52. The van der Waals surface area contributed by atoms with E-state index in [9.17, 15) is 5.11 Å². The average molecular weight is 220 g/mol. The van der Waals surface area contributed by atoms with Gasteiger partial charge in [0.1, 0.15) is 0 Å². The van der Waals surface area contributed by atoms with Crippen LogP contribution in [-0.4, -0.2) is 10.7 Å². The van der Waals surface area contributed by atoms with E-state index in [2.05, 4.69) is 26.5 Å². The van der Waals surface area contributed by atoms with Crippen LogP contribution in [0.1, 0.15) is 46.5 Å². The van der Waals surface area contributed by atoms with Crippen LogP contribution in [0.15, 0.2) is 23.8 Å². The molecule has 2 aliphatic carbocycles. The highest BCUT2D eigenvalue weighted by Crippen LogP contribution is 2.47. The van der Waals surface area contributed by atoms with Crippen molar-refractivity contribution < 1.29 is 5.11 Å². The second-order valence-corrected chi connectivity index (χ2v) is 6.05. The fourth-order valence-corrected chi connectivity index (χ4v) is 3.37. The first-order chi connectivity index (χ1) is 7.42. The van der Waals surface area contributed by atoms with Crippen LogP contribution >= 0.6 is 0 Å². The molecule has 2 aliphatic rings. The molecule has 0 amide bonds. The highest BCUT2D eigenvalue weighted by atomic mass is 16.3. The lowest BCUT2D eigenvalue weighted by Crippen LogP contribution is -2.33.